The van der Waals surface area contributed by atoms with Crippen molar-refractivity contribution in [3.8, 4) is 0 Å². The summed E-state index contributed by atoms with van der Waals surface area (Å²) in [6.45, 7) is 8.72. The summed E-state index contributed by atoms with van der Waals surface area (Å²) < 4.78 is 0. The molecule has 13 heavy (non-hydrogen) atoms. The summed E-state index contributed by atoms with van der Waals surface area (Å²) in [5.74, 6) is 0.386. The summed E-state index contributed by atoms with van der Waals surface area (Å²) in [5.41, 5.74) is 1.21. The van der Waals surface area contributed by atoms with Crippen LogP contribution in [0.1, 0.15) is 39.3 Å². The van der Waals surface area contributed by atoms with Gasteiger partial charge in [-0.05, 0) is 17.5 Å². The van der Waals surface area contributed by atoms with Gasteiger partial charge >= 0.3 is 0 Å². The van der Waals surface area contributed by atoms with Gasteiger partial charge < -0.3 is 0 Å². The Morgan fingerprint density at radius 3 is 2.23 bits per heavy atom. The minimum absolute atomic E-state index is 0.211. The number of rotatable bonds is 1. The molecule has 0 aliphatic heterocycles. The predicted molar refractivity (Wildman–Crippen MR) is 54.9 cm³/mol. The first kappa shape index (κ1) is 10.5. The van der Waals surface area contributed by atoms with E-state index < -0.39 is 0 Å². The molecular weight excluding hydrogens is 184 g/mol. The van der Waals surface area contributed by atoms with Gasteiger partial charge in [-0.1, -0.05) is 39.3 Å². The Balaban J connectivity index is 2.90. The first-order valence-corrected chi connectivity index (χ1v) is 4.78. The molecule has 0 radical (unpaired) electrons. The molecule has 1 unspecified atom stereocenters. The zero-order valence-corrected chi connectivity index (χ0v) is 9.26. The highest BCUT2D eigenvalue weighted by Crippen LogP contribution is 2.32. The van der Waals surface area contributed by atoms with Crippen molar-refractivity contribution >= 4 is 11.6 Å². The van der Waals surface area contributed by atoms with E-state index in [0.29, 0.717) is 11.1 Å². The van der Waals surface area contributed by atoms with E-state index in [1.54, 1.807) is 6.07 Å². The zero-order valence-electron chi connectivity index (χ0n) is 8.50. The van der Waals surface area contributed by atoms with Crippen LogP contribution < -0.4 is 0 Å². The molecule has 1 heterocycles. The van der Waals surface area contributed by atoms with Crippen molar-refractivity contribution in [2.45, 2.75) is 33.6 Å². The molecule has 2 nitrogen and oxygen atoms in total. The molecule has 0 amide bonds. The number of hydrogen-bond acceptors (Lipinski definition) is 2. The molecule has 0 spiro atoms. The lowest BCUT2D eigenvalue weighted by atomic mass is 9.80. The van der Waals surface area contributed by atoms with Crippen LogP contribution in [0, 0.1) is 5.41 Å². The Bertz CT molecular complexity index is 274. The molecule has 0 bridgehead atoms. The van der Waals surface area contributed by atoms with Crippen LogP contribution in [-0.2, 0) is 0 Å². The van der Waals surface area contributed by atoms with E-state index in [4.69, 9.17) is 11.6 Å². The molecule has 3 heteroatoms. The van der Waals surface area contributed by atoms with E-state index in [1.165, 1.54) is 0 Å². The van der Waals surface area contributed by atoms with E-state index in [-0.39, 0.29) is 5.41 Å². The van der Waals surface area contributed by atoms with Crippen molar-refractivity contribution in [1.29, 1.82) is 0 Å². The Labute approximate surface area is 84.3 Å². The highest BCUT2D eigenvalue weighted by atomic mass is 35.5. The molecular formula is C10H15ClN2. The number of hydrogen-bond donors (Lipinski definition) is 0. The van der Waals surface area contributed by atoms with Crippen LogP contribution in [-0.4, -0.2) is 10.2 Å². The van der Waals surface area contributed by atoms with Gasteiger partial charge in [0.25, 0.3) is 0 Å². The molecule has 0 aromatic carbocycles. The summed E-state index contributed by atoms with van der Waals surface area (Å²) in [4.78, 5) is 0. The van der Waals surface area contributed by atoms with Crippen LogP contribution in [0.5, 0.6) is 0 Å². The minimum atomic E-state index is 0.211. The number of halogens is 1. The van der Waals surface area contributed by atoms with Crippen molar-refractivity contribution in [3.63, 3.8) is 0 Å². The molecule has 0 aliphatic rings. The van der Waals surface area contributed by atoms with E-state index >= 15 is 0 Å². The second-order valence-corrected chi connectivity index (χ2v) is 4.76. The van der Waals surface area contributed by atoms with Crippen molar-refractivity contribution in [2.24, 2.45) is 5.41 Å². The van der Waals surface area contributed by atoms with Crippen LogP contribution in [0.15, 0.2) is 12.1 Å². The van der Waals surface area contributed by atoms with Crippen molar-refractivity contribution in [1.82, 2.24) is 10.2 Å². The SMILES string of the molecule is CC(c1ccc(Cl)nn1)C(C)(C)C. The third-order valence-electron chi connectivity index (χ3n) is 2.40. The number of aromatic nitrogens is 2. The fourth-order valence-corrected chi connectivity index (χ4v) is 1.10. The standard InChI is InChI=1S/C10H15ClN2/c1-7(10(2,3)4)8-5-6-9(11)13-12-8/h5-7H,1-4H3. The van der Waals surface area contributed by atoms with Crippen molar-refractivity contribution in [3.05, 3.63) is 23.0 Å². The second kappa shape index (κ2) is 3.62. The lowest BCUT2D eigenvalue weighted by molar-refractivity contribution is 0.332. The van der Waals surface area contributed by atoms with E-state index in [0.717, 1.165) is 5.69 Å². The maximum absolute atomic E-state index is 5.66. The smallest absolute Gasteiger partial charge is 0.151 e. The Morgan fingerprint density at radius 2 is 1.85 bits per heavy atom. The lowest BCUT2D eigenvalue weighted by Crippen LogP contribution is -2.16. The van der Waals surface area contributed by atoms with E-state index in [2.05, 4.69) is 37.9 Å². The third-order valence-corrected chi connectivity index (χ3v) is 2.60. The summed E-state index contributed by atoms with van der Waals surface area (Å²) in [6, 6.07) is 3.72. The fourth-order valence-electron chi connectivity index (χ4n) is 1.00. The maximum Gasteiger partial charge on any atom is 0.151 e. The molecule has 0 saturated heterocycles. The fraction of sp³-hybridized carbons (Fsp3) is 0.600. The van der Waals surface area contributed by atoms with Crippen LogP contribution in [0.2, 0.25) is 5.15 Å². The first-order valence-electron chi connectivity index (χ1n) is 4.40. The van der Waals surface area contributed by atoms with Crippen molar-refractivity contribution in [2.75, 3.05) is 0 Å². The maximum atomic E-state index is 5.66. The van der Waals surface area contributed by atoms with Crippen LogP contribution >= 0.6 is 11.6 Å². The van der Waals surface area contributed by atoms with E-state index in [1.807, 2.05) is 6.07 Å². The van der Waals surface area contributed by atoms with Crippen LogP contribution in [0.25, 0.3) is 0 Å². The van der Waals surface area contributed by atoms with Gasteiger partial charge in [0, 0.05) is 5.92 Å². The molecule has 0 fully saturated rings. The van der Waals surface area contributed by atoms with Gasteiger partial charge in [0.1, 0.15) is 0 Å². The topological polar surface area (TPSA) is 25.8 Å². The molecule has 0 N–H and O–H groups in total. The lowest BCUT2D eigenvalue weighted by Gasteiger charge is -2.26. The molecule has 72 valence electrons. The Hall–Kier alpha value is -0.630. The van der Waals surface area contributed by atoms with Gasteiger partial charge in [-0.15, -0.1) is 5.10 Å². The zero-order chi connectivity index (χ0) is 10.1. The average Bonchev–Trinajstić information content (AvgIpc) is 2.03. The highest BCUT2D eigenvalue weighted by molar-refractivity contribution is 6.29. The van der Waals surface area contributed by atoms with Gasteiger partial charge in [-0.3, -0.25) is 0 Å². The molecule has 1 atom stereocenters. The van der Waals surface area contributed by atoms with Gasteiger partial charge in [0.2, 0.25) is 0 Å². The normalized spacial score (nSPS) is 14.2. The van der Waals surface area contributed by atoms with Crippen molar-refractivity contribution < 1.29 is 0 Å². The summed E-state index contributed by atoms with van der Waals surface area (Å²) in [5, 5.41) is 8.34. The van der Waals surface area contributed by atoms with Gasteiger partial charge in [0.05, 0.1) is 5.69 Å². The van der Waals surface area contributed by atoms with Gasteiger partial charge in [-0.25, -0.2) is 0 Å². The Kier molecular flexibility index (Phi) is 2.91. The minimum Gasteiger partial charge on any atom is -0.154 e. The predicted octanol–water partition coefficient (Wildman–Crippen LogP) is 3.28. The summed E-state index contributed by atoms with van der Waals surface area (Å²) in [6.07, 6.45) is 0. The van der Waals surface area contributed by atoms with Crippen LogP contribution in [0.4, 0.5) is 0 Å². The largest absolute Gasteiger partial charge is 0.154 e. The van der Waals surface area contributed by atoms with Gasteiger partial charge in [-0.2, -0.15) is 5.10 Å². The third kappa shape index (κ3) is 2.66. The molecule has 0 saturated carbocycles. The quantitative estimate of drug-likeness (QED) is 0.692. The summed E-state index contributed by atoms with van der Waals surface area (Å²) >= 11 is 5.66. The highest BCUT2D eigenvalue weighted by Gasteiger charge is 2.22. The monoisotopic (exact) mass is 198 g/mol. The molecule has 1 rings (SSSR count). The second-order valence-electron chi connectivity index (χ2n) is 4.37. The molecule has 0 aliphatic carbocycles. The van der Waals surface area contributed by atoms with Gasteiger partial charge in [0.15, 0.2) is 5.15 Å². The number of nitrogens with zero attached hydrogens (tertiary/aromatic N) is 2. The van der Waals surface area contributed by atoms with Crippen LogP contribution in [0.3, 0.4) is 0 Å². The average molecular weight is 199 g/mol. The van der Waals surface area contributed by atoms with E-state index in [9.17, 15) is 0 Å². The molecule has 1 aromatic rings. The molecule has 1 aromatic heterocycles. The summed E-state index contributed by atoms with van der Waals surface area (Å²) in [7, 11) is 0. The first-order chi connectivity index (χ1) is 5.91. The Morgan fingerprint density at radius 1 is 1.23 bits per heavy atom.